The molecule has 1 atom stereocenters. The van der Waals surface area contributed by atoms with Crippen LogP contribution in [0.5, 0.6) is 0 Å². The van der Waals surface area contributed by atoms with Crippen molar-refractivity contribution in [2.45, 2.75) is 12.5 Å². The number of aliphatic hydroxyl groups excluding tert-OH is 1. The van der Waals surface area contributed by atoms with Crippen molar-refractivity contribution in [2.24, 2.45) is 0 Å². The number of pyridine rings is 1. The number of carbonyl (C=O) groups is 1. The van der Waals surface area contributed by atoms with Crippen molar-refractivity contribution >= 4 is 11.8 Å². The number of hydrogen-bond donors (Lipinski definition) is 2. The topological polar surface area (TPSA) is 73.7 Å². The summed E-state index contributed by atoms with van der Waals surface area (Å²) in [5, 5.41) is 18.0. The molecule has 1 unspecified atom stereocenters. The van der Waals surface area contributed by atoms with Crippen LogP contribution < -0.4 is 4.90 Å². The van der Waals surface area contributed by atoms with Crippen molar-refractivity contribution in [3.63, 3.8) is 0 Å². The monoisotopic (exact) mass is 210 g/mol. The summed E-state index contributed by atoms with van der Waals surface area (Å²) < 4.78 is 0. The van der Waals surface area contributed by atoms with Crippen LogP contribution in [-0.4, -0.2) is 35.3 Å². The van der Waals surface area contributed by atoms with Crippen LogP contribution in [-0.2, 0) is 4.79 Å². The maximum atomic E-state index is 10.4. The van der Waals surface area contributed by atoms with Gasteiger partial charge in [-0.1, -0.05) is 6.07 Å². The van der Waals surface area contributed by atoms with Crippen LogP contribution >= 0.6 is 0 Å². The van der Waals surface area contributed by atoms with Crippen molar-refractivity contribution in [2.75, 3.05) is 19.0 Å². The third-order valence-corrected chi connectivity index (χ3v) is 1.98. The number of carboxylic acids is 1. The van der Waals surface area contributed by atoms with Crippen LogP contribution in [0.15, 0.2) is 18.3 Å². The molecule has 0 aliphatic rings. The fourth-order valence-corrected chi connectivity index (χ4v) is 1.14. The minimum absolute atomic E-state index is 0.303. The molecule has 1 rings (SSSR count). The molecule has 0 radical (unpaired) electrons. The average Bonchev–Trinajstić information content (AvgIpc) is 2.17. The van der Waals surface area contributed by atoms with Crippen LogP contribution in [0.2, 0.25) is 0 Å². The number of aromatic nitrogens is 1. The first-order valence-electron chi connectivity index (χ1n) is 4.54. The Morgan fingerprint density at radius 1 is 1.53 bits per heavy atom. The number of hydrogen-bond acceptors (Lipinski definition) is 4. The second-order valence-corrected chi connectivity index (χ2v) is 3.46. The highest BCUT2D eigenvalue weighted by molar-refractivity contribution is 5.67. The van der Waals surface area contributed by atoms with E-state index < -0.39 is 12.1 Å². The zero-order chi connectivity index (χ0) is 11.4. The van der Waals surface area contributed by atoms with Gasteiger partial charge in [0, 0.05) is 20.3 Å². The molecular formula is C10H14N2O3. The van der Waals surface area contributed by atoms with Crippen molar-refractivity contribution in [3.05, 3.63) is 23.9 Å². The summed E-state index contributed by atoms with van der Waals surface area (Å²) >= 11 is 0. The Morgan fingerprint density at radius 3 is 2.60 bits per heavy atom. The maximum absolute atomic E-state index is 10.4. The van der Waals surface area contributed by atoms with Gasteiger partial charge in [-0.3, -0.25) is 4.79 Å². The summed E-state index contributed by atoms with van der Waals surface area (Å²) in [6.07, 6.45) is 0.192. The second kappa shape index (κ2) is 4.75. The molecule has 0 aromatic carbocycles. The number of anilines is 1. The lowest BCUT2D eigenvalue weighted by molar-refractivity contribution is -0.139. The summed E-state index contributed by atoms with van der Waals surface area (Å²) in [5.41, 5.74) is 0.517. The van der Waals surface area contributed by atoms with Crippen molar-refractivity contribution in [3.8, 4) is 0 Å². The number of carboxylic acid groups (broad SMARTS) is 1. The Morgan fingerprint density at radius 2 is 2.20 bits per heavy atom. The van der Waals surface area contributed by atoms with E-state index in [0.29, 0.717) is 5.56 Å². The number of aliphatic hydroxyl groups is 1. The molecule has 1 aromatic rings. The normalized spacial score (nSPS) is 12.2. The standard InChI is InChI=1S/C10H14N2O3/c1-12(2)9-4-3-7(6-11-9)8(13)5-10(14)15/h3-4,6,8,13H,5H2,1-2H3,(H,14,15). The van der Waals surface area contributed by atoms with Crippen molar-refractivity contribution in [1.82, 2.24) is 4.98 Å². The molecule has 0 bridgehead atoms. The summed E-state index contributed by atoms with van der Waals surface area (Å²) in [4.78, 5) is 16.3. The first kappa shape index (κ1) is 11.5. The van der Waals surface area contributed by atoms with Gasteiger partial charge in [0.2, 0.25) is 0 Å². The Bertz CT molecular complexity index is 335. The third-order valence-electron chi connectivity index (χ3n) is 1.98. The van der Waals surface area contributed by atoms with Gasteiger partial charge in [0.05, 0.1) is 12.5 Å². The van der Waals surface area contributed by atoms with E-state index in [0.717, 1.165) is 5.82 Å². The zero-order valence-corrected chi connectivity index (χ0v) is 8.71. The first-order chi connectivity index (χ1) is 7.00. The molecule has 1 aromatic heterocycles. The molecule has 0 fully saturated rings. The minimum atomic E-state index is -1.03. The molecule has 0 spiro atoms. The Labute approximate surface area is 88.0 Å². The summed E-state index contributed by atoms with van der Waals surface area (Å²) in [7, 11) is 3.71. The highest BCUT2D eigenvalue weighted by Crippen LogP contribution is 2.17. The predicted octanol–water partition coefficient (Wildman–Crippen LogP) is 0.656. The highest BCUT2D eigenvalue weighted by atomic mass is 16.4. The second-order valence-electron chi connectivity index (χ2n) is 3.46. The van der Waals surface area contributed by atoms with E-state index in [1.54, 1.807) is 12.1 Å². The van der Waals surface area contributed by atoms with Crippen LogP contribution in [0.4, 0.5) is 5.82 Å². The molecule has 1 heterocycles. The predicted molar refractivity (Wildman–Crippen MR) is 55.8 cm³/mol. The molecular weight excluding hydrogens is 196 g/mol. The van der Waals surface area contributed by atoms with E-state index in [4.69, 9.17) is 5.11 Å². The number of nitrogens with zero attached hydrogens (tertiary/aromatic N) is 2. The van der Waals surface area contributed by atoms with Gasteiger partial charge in [-0.05, 0) is 11.6 Å². The van der Waals surface area contributed by atoms with Gasteiger partial charge in [0.1, 0.15) is 5.82 Å². The van der Waals surface area contributed by atoms with E-state index in [2.05, 4.69) is 4.98 Å². The summed E-state index contributed by atoms with van der Waals surface area (Å²) in [6, 6.07) is 3.41. The summed E-state index contributed by atoms with van der Waals surface area (Å²) in [5.74, 6) is -0.263. The molecule has 0 saturated heterocycles. The Kier molecular flexibility index (Phi) is 3.62. The van der Waals surface area contributed by atoms with Crippen LogP contribution in [0.3, 0.4) is 0 Å². The van der Waals surface area contributed by atoms with Gasteiger partial charge in [0.25, 0.3) is 0 Å². The lowest BCUT2D eigenvalue weighted by atomic mass is 10.1. The Balaban J connectivity index is 2.75. The average molecular weight is 210 g/mol. The molecule has 5 heteroatoms. The lowest BCUT2D eigenvalue weighted by Crippen LogP contribution is -2.11. The maximum Gasteiger partial charge on any atom is 0.306 e. The lowest BCUT2D eigenvalue weighted by Gasteiger charge is -2.13. The SMILES string of the molecule is CN(C)c1ccc(C(O)CC(=O)O)cn1. The molecule has 0 saturated carbocycles. The van der Waals surface area contributed by atoms with Gasteiger partial charge in [-0.25, -0.2) is 4.98 Å². The van der Waals surface area contributed by atoms with Gasteiger partial charge in [-0.2, -0.15) is 0 Å². The van der Waals surface area contributed by atoms with E-state index in [9.17, 15) is 9.90 Å². The third kappa shape index (κ3) is 3.21. The number of aliphatic carboxylic acids is 1. The Hall–Kier alpha value is -1.62. The van der Waals surface area contributed by atoms with Gasteiger partial charge in [-0.15, -0.1) is 0 Å². The van der Waals surface area contributed by atoms with E-state index in [-0.39, 0.29) is 6.42 Å². The van der Waals surface area contributed by atoms with E-state index >= 15 is 0 Å². The quantitative estimate of drug-likeness (QED) is 0.763. The summed E-state index contributed by atoms with van der Waals surface area (Å²) in [6.45, 7) is 0. The van der Waals surface area contributed by atoms with Crippen LogP contribution in [0, 0.1) is 0 Å². The molecule has 5 nitrogen and oxygen atoms in total. The molecule has 15 heavy (non-hydrogen) atoms. The van der Waals surface area contributed by atoms with E-state index in [1.807, 2.05) is 19.0 Å². The van der Waals surface area contributed by atoms with E-state index in [1.165, 1.54) is 6.20 Å². The van der Waals surface area contributed by atoms with Crippen LogP contribution in [0.1, 0.15) is 18.1 Å². The van der Waals surface area contributed by atoms with Gasteiger partial charge >= 0.3 is 5.97 Å². The van der Waals surface area contributed by atoms with Gasteiger partial charge < -0.3 is 15.1 Å². The number of rotatable bonds is 4. The molecule has 0 aliphatic carbocycles. The molecule has 2 N–H and O–H groups in total. The first-order valence-corrected chi connectivity index (χ1v) is 4.54. The fraction of sp³-hybridized carbons (Fsp3) is 0.400. The molecule has 0 amide bonds. The smallest absolute Gasteiger partial charge is 0.306 e. The van der Waals surface area contributed by atoms with Gasteiger partial charge in [0.15, 0.2) is 0 Å². The largest absolute Gasteiger partial charge is 0.481 e. The fourth-order valence-electron chi connectivity index (χ4n) is 1.14. The zero-order valence-electron chi connectivity index (χ0n) is 8.71. The molecule has 82 valence electrons. The molecule has 0 aliphatic heterocycles. The van der Waals surface area contributed by atoms with Crippen molar-refractivity contribution < 1.29 is 15.0 Å². The van der Waals surface area contributed by atoms with Crippen molar-refractivity contribution in [1.29, 1.82) is 0 Å². The van der Waals surface area contributed by atoms with Crippen LogP contribution in [0.25, 0.3) is 0 Å². The minimum Gasteiger partial charge on any atom is -0.481 e. The highest BCUT2D eigenvalue weighted by Gasteiger charge is 2.12.